The van der Waals surface area contributed by atoms with Gasteiger partial charge in [-0.3, -0.25) is 14.3 Å². The Balaban J connectivity index is 1.37. The Morgan fingerprint density at radius 3 is 2.25 bits per heavy atom. The van der Waals surface area contributed by atoms with Crippen molar-refractivity contribution in [1.29, 1.82) is 0 Å². The SMILES string of the molecule is Cc1ccccc1NS(=O)(=O)c1ccc(C(=O)N2CCN(C(=O)C3CCCO3)CC2)cc1. The average molecular weight is 458 g/mol. The summed E-state index contributed by atoms with van der Waals surface area (Å²) in [4.78, 5) is 28.9. The molecule has 0 aliphatic carbocycles. The zero-order valence-electron chi connectivity index (χ0n) is 18.0. The minimum absolute atomic E-state index is 0.00492. The van der Waals surface area contributed by atoms with Crippen molar-refractivity contribution in [3.63, 3.8) is 0 Å². The Bertz CT molecular complexity index is 1090. The molecule has 0 spiro atoms. The summed E-state index contributed by atoms with van der Waals surface area (Å²) in [7, 11) is -3.76. The molecular weight excluding hydrogens is 430 g/mol. The van der Waals surface area contributed by atoms with Crippen molar-refractivity contribution in [3.05, 3.63) is 59.7 Å². The number of aryl methyl sites for hydroxylation is 1. The molecular formula is C23H27N3O5S. The van der Waals surface area contributed by atoms with E-state index in [4.69, 9.17) is 4.74 Å². The predicted octanol–water partition coefficient (Wildman–Crippen LogP) is 2.26. The van der Waals surface area contributed by atoms with Crippen molar-refractivity contribution < 1.29 is 22.7 Å². The second-order valence-electron chi connectivity index (χ2n) is 8.06. The monoisotopic (exact) mass is 457 g/mol. The van der Waals surface area contributed by atoms with E-state index in [1.165, 1.54) is 24.3 Å². The van der Waals surface area contributed by atoms with E-state index in [1.54, 1.807) is 21.9 Å². The normalized spacial score (nSPS) is 19.1. The van der Waals surface area contributed by atoms with Crippen LogP contribution in [0.5, 0.6) is 0 Å². The third-order valence-corrected chi connectivity index (χ3v) is 7.27. The highest BCUT2D eigenvalue weighted by Gasteiger charge is 2.31. The molecule has 1 atom stereocenters. The highest BCUT2D eigenvalue weighted by molar-refractivity contribution is 7.92. The van der Waals surface area contributed by atoms with Crippen molar-refractivity contribution in [2.75, 3.05) is 37.5 Å². The van der Waals surface area contributed by atoms with E-state index in [2.05, 4.69) is 4.72 Å². The molecule has 2 fully saturated rings. The quantitative estimate of drug-likeness (QED) is 0.743. The third kappa shape index (κ3) is 4.78. The summed E-state index contributed by atoms with van der Waals surface area (Å²) in [5, 5.41) is 0. The first-order chi connectivity index (χ1) is 15.3. The van der Waals surface area contributed by atoms with Crippen LogP contribution in [-0.2, 0) is 19.6 Å². The molecule has 4 rings (SSSR count). The molecule has 2 heterocycles. The van der Waals surface area contributed by atoms with E-state index in [0.717, 1.165) is 18.4 Å². The highest BCUT2D eigenvalue weighted by Crippen LogP contribution is 2.21. The number of nitrogens with one attached hydrogen (secondary N) is 1. The van der Waals surface area contributed by atoms with Gasteiger partial charge in [-0.05, 0) is 55.7 Å². The van der Waals surface area contributed by atoms with Gasteiger partial charge in [-0.2, -0.15) is 0 Å². The van der Waals surface area contributed by atoms with E-state index in [0.29, 0.717) is 44.0 Å². The molecule has 32 heavy (non-hydrogen) atoms. The van der Waals surface area contributed by atoms with Crippen LogP contribution in [0.2, 0.25) is 0 Å². The zero-order chi connectivity index (χ0) is 22.7. The standard InChI is InChI=1S/C23H27N3O5S/c1-17-5-2-3-6-20(17)24-32(29,30)19-10-8-18(9-11-19)22(27)25-12-14-26(15-13-25)23(28)21-7-4-16-31-21/h2-3,5-6,8-11,21,24H,4,7,12-16H2,1H3. The fraction of sp³-hybridized carbons (Fsp3) is 0.391. The van der Waals surface area contributed by atoms with Crippen molar-refractivity contribution in [1.82, 2.24) is 9.80 Å². The summed E-state index contributed by atoms with van der Waals surface area (Å²) >= 11 is 0. The van der Waals surface area contributed by atoms with Gasteiger partial charge in [0.1, 0.15) is 6.10 Å². The van der Waals surface area contributed by atoms with Crippen LogP contribution in [0, 0.1) is 6.92 Å². The summed E-state index contributed by atoms with van der Waals surface area (Å²) < 4.78 is 33.4. The fourth-order valence-electron chi connectivity index (χ4n) is 3.96. The van der Waals surface area contributed by atoms with Gasteiger partial charge in [0.25, 0.3) is 21.8 Å². The fourth-order valence-corrected chi connectivity index (χ4v) is 5.09. The van der Waals surface area contributed by atoms with E-state index in [-0.39, 0.29) is 22.8 Å². The molecule has 9 heteroatoms. The van der Waals surface area contributed by atoms with Gasteiger partial charge in [0.05, 0.1) is 10.6 Å². The van der Waals surface area contributed by atoms with Gasteiger partial charge in [-0.1, -0.05) is 18.2 Å². The van der Waals surface area contributed by atoms with Gasteiger partial charge in [0, 0.05) is 38.3 Å². The maximum atomic E-state index is 12.9. The lowest BCUT2D eigenvalue weighted by atomic mass is 10.1. The molecule has 1 N–H and O–H groups in total. The number of hydrogen-bond donors (Lipinski definition) is 1. The van der Waals surface area contributed by atoms with E-state index < -0.39 is 10.0 Å². The van der Waals surface area contributed by atoms with Gasteiger partial charge in [0.15, 0.2) is 0 Å². The van der Waals surface area contributed by atoms with Crippen LogP contribution in [0.15, 0.2) is 53.4 Å². The van der Waals surface area contributed by atoms with Crippen LogP contribution in [0.1, 0.15) is 28.8 Å². The molecule has 0 bridgehead atoms. The van der Waals surface area contributed by atoms with Gasteiger partial charge >= 0.3 is 0 Å². The number of sulfonamides is 1. The molecule has 0 aromatic heterocycles. The van der Waals surface area contributed by atoms with Gasteiger partial charge < -0.3 is 14.5 Å². The lowest BCUT2D eigenvalue weighted by Gasteiger charge is -2.35. The maximum Gasteiger partial charge on any atom is 0.261 e. The largest absolute Gasteiger partial charge is 0.368 e. The van der Waals surface area contributed by atoms with Crippen molar-refractivity contribution >= 4 is 27.5 Å². The Morgan fingerprint density at radius 1 is 0.969 bits per heavy atom. The minimum atomic E-state index is -3.76. The Kier molecular flexibility index (Phi) is 6.48. The summed E-state index contributed by atoms with van der Waals surface area (Å²) in [6.45, 7) is 4.27. The van der Waals surface area contributed by atoms with E-state index in [1.807, 2.05) is 19.1 Å². The molecule has 2 aromatic rings. The van der Waals surface area contributed by atoms with Crippen molar-refractivity contribution in [3.8, 4) is 0 Å². The molecule has 2 aromatic carbocycles. The number of amides is 2. The highest BCUT2D eigenvalue weighted by atomic mass is 32.2. The summed E-state index contributed by atoms with van der Waals surface area (Å²) in [6.07, 6.45) is 1.31. The first-order valence-corrected chi connectivity index (χ1v) is 12.2. The Labute approximate surface area is 188 Å². The molecule has 2 aliphatic heterocycles. The van der Waals surface area contributed by atoms with Crippen LogP contribution in [0.4, 0.5) is 5.69 Å². The minimum Gasteiger partial charge on any atom is -0.368 e. The number of hydrogen-bond acceptors (Lipinski definition) is 5. The second-order valence-corrected chi connectivity index (χ2v) is 9.75. The van der Waals surface area contributed by atoms with Gasteiger partial charge in [-0.15, -0.1) is 0 Å². The molecule has 1 unspecified atom stereocenters. The molecule has 0 radical (unpaired) electrons. The summed E-state index contributed by atoms with van der Waals surface area (Å²) in [6, 6.07) is 13.1. The molecule has 0 saturated carbocycles. The number of rotatable bonds is 5. The van der Waals surface area contributed by atoms with Crippen molar-refractivity contribution in [2.24, 2.45) is 0 Å². The molecule has 8 nitrogen and oxygen atoms in total. The number of para-hydroxylation sites is 1. The first-order valence-electron chi connectivity index (χ1n) is 10.7. The number of anilines is 1. The topological polar surface area (TPSA) is 96.0 Å². The smallest absolute Gasteiger partial charge is 0.261 e. The van der Waals surface area contributed by atoms with Crippen LogP contribution in [0.3, 0.4) is 0 Å². The average Bonchev–Trinajstić information content (AvgIpc) is 3.35. The van der Waals surface area contributed by atoms with Gasteiger partial charge in [0.2, 0.25) is 0 Å². The van der Waals surface area contributed by atoms with Crippen LogP contribution in [0.25, 0.3) is 0 Å². The summed E-state index contributed by atoms with van der Waals surface area (Å²) in [5.41, 5.74) is 1.75. The number of nitrogens with zero attached hydrogens (tertiary/aromatic N) is 2. The zero-order valence-corrected chi connectivity index (χ0v) is 18.8. The maximum absolute atomic E-state index is 12.9. The molecule has 2 aliphatic rings. The van der Waals surface area contributed by atoms with Crippen LogP contribution >= 0.6 is 0 Å². The Hall–Kier alpha value is -2.91. The Morgan fingerprint density at radius 2 is 1.62 bits per heavy atom. The van der Waals surface area contributed by atoms with E-state index in [9.17, 15) is 18.0 Å². The van der Waals surface area contributed by atoms with E-state index >= 15 is 0 Å². The molecule has 2 saturated heterocycles. The number of ether oxygens (including phenoxy) is 1. The second kappa shape index (κ2) is 9.30. The van der Waals surface area contributed by atoms with Gasteiger partial charge in [-0.25, -0.2) is 8.42 Å². The number of piperazine rings is 1. The molecule has 2 amide bonds. The number of carbonyl (C=O) groups is 2. The summed E-state index contributed by atoms with van der Waals surface area (Å²) in [5.74, 6) is -0.171. The lowest BCUT2D eigenvalue weighted by Crippen LogP contribution is -2.52. The lowest BCUT2D eigenvalue weighted by molar-refractivity contribution is -0.142. The number of benzene rings is 2. The predicted molar refractivity (Wildman–Crippen MR) is 120 cm³/mol. The first kappa shape index (κ1) is 22.3. The van der Waals surface area contributed by atoms with Crippen LogP contribution < -0.4 is 4.72 Å². The molecule has 170 valence electrons. The van der Waals surface area contributed by atoms with Crippen LogP contribution in [-0.4, -0.2) is 68.9 Å². The number of carbonyl (C=O) groups excluding carboxylic acids is 2. The van der Waals surface area contributed by atoms with Crippen molar-refractivity contribution in [2.45, 2.75) is 30.8 Å². The third-order valence-electron chi connectivity index (χ3n) is 5.88.